The van der Waals surface area contributed by atoms with Crippen molar-refractivity contribution >= 4 is 28.5 Å². The number of rotatable bonds is 6. The monoisotopic (exact) mass is 786 g/mol. The summed E-state index contributed by atoms with van der Waals surface area (Å²) < 4.78 is 49.0. The summed E-state index contributed by atoms with van der Waals surface area (Å²) in [5.41, 5.74) is 0.748. The number of halogens is 2. The number of H-pyrrole nitrogens is 1. The van der Waals surface area contributed by atoms with Crippen molar-refractivity contribution in [2.75, 3.05) is 58.9 Å². The van der Waals surface area contributed by atoms with Crippen molar-refractivity contribution in [3.63, 3.8) is 0 Å². The zero-order valence-corrected chi connectivity index (χ0v) is 34.2. The summed E-state index contributed by atoms with van der Waals surface area (Å²) in [6.45, 7) is 9.28. The van der Waals surface area contributed by atoms with Gasteiger partial charge in [-0.05, 0) is 81.7 Å². The molecule has 1 spiro atoms. The molecule has 2 N–H and O–H groups in total. The van der Waals surface area contributed by atoms with Crippen molar-refractivity contribution in [1.82, 2.24) is 14.8 Å². The Morgan fingerprint density at radius 3 is 2.56 bits per heavy atom. The van der Waals surface area contributed by atoms with Crippen LogP contribution in [0.1, 0.15) is 75.8 Å². The predicted molar refractivity (Wildman–Crippen MR) is 213 cm³/mol. The average molecular weight is 787 g/mol. The summed E-state index contributed by atoms with van der Waals surface area (Å²) in [6, 6.07) is 11.5. The van der Waals surface area contributed by atoms with Gasteiger partial charge in [0.1, 0.15) is 22.9 Å². The molecule has 0 amide bonds. The first-order valence-electron chi connectivity index (χ1n) is 20.6. The number of piperidine rings is 1. The van der Waals surface area contributed by atoms with Crippen LogP contribution in [0.15, 0.2) is 48.6 Å². The highest BCUT2D eigenvalue weighted by Crippen LogP contribution is 2.68. The second-order valence-corrected chi connectivity index (χ2v) is 18.2. The third-order valence-electron chi connectivity index (χ3n) is 15.3. The quantitative estimate of drug-likeness (QED) is 0.231. The van der Waals surface area contributed by atoms with Crippen LogP contribution in [0.5, 0.6) is 5.75 Å². The summed E-state index contributed by atoms with van der Waals surface area (Å²) in [7, 11) is 5.00. The van der Waals surface area contributed by atoms with Crippen LogP contribution in [0.3, 0.4) is 0 Å². The number of para-hydroxylation sites is 1. The first kappa shape index (κ1) is 38.5. The number of nitrogens with zero attached hydrogens (tertiary/aromatic N) is 3. The van der Waals surface area contributed by atoms with Crippen LogP contribution < -0.4 is 9.64 Å². The molecule has 1 saturated carbocycles. The third kappa shape index (κ3) is 5.14. The number of carbonyl (C=O) groups is 2. The van der Waals surface area contributed by atoms with Gasteiger partial charge in [0.25, 0.3) is 0 Å². The Balaban J connectivity index is 1.34. The van der Waals surface area contributed by atoms with E-state index in [1.807, 2.05) is 38.2 Å². The number of carbonyl (C=O) groups excluding carboxylic acids is 2. The molecule has 6 aliphatic rings. The van der Waals surface area contributed by atoms with Crippen molar-refractivity contribution in [3.8, 4) is 5.75 Å². The lowest BCUT2D eigenvalue weighted by molar-refractivity contribution is -0.213. The van der Waals surface area contributed by atoms with Gasteiger partial charge in [0.05, 0.1) is 20.3 Å². The smallest absolute Gasteiger partial charge is 0.322 e. The molecule has 6 heterocycles. The maximum atomic E-state index is 15.3. The molecule has 57 heavy (non-hydrogen) atoms. The van der Waals surface area contributed by atoms with Gasteiger partial charge in [0.2, 0.25) is 5.92 Å². The number of nitrogens with one attached hydrogen (secondary N) is 1. The van der Waals surface area contributed by atoms with Gasteiger partial charge in [-0.25, -0.2) is 8.78 Å². The molecule has 10 nitrogen and oxygen atoms in total. The molecular weight excluding hydrogens is 731 g/mol. The van der Waals surface area contributed by atoms with Crippen molar-refractivity contribution in [2.45, 2.75) is 100 Å². The number of aromatic amines is 1. The molecule has 2 aromatic carbocycles. The summed E-state index contributed by atoms with van der Waals surface area (Å²) in [5.74, 6) is -4.46. The lowest BCUT2D eigenvalue weighted by atomic mass is 9.48. The van der Waals surface area contributed by atoms with Crippen molar-refractivity contribution in [2.24, 2.45) is 17.3 Å². The number of fused-ring (bicyclic) bond motifs is 6. The zero-order chi connectivity index (χ0) is 40.4. The molecule has 1 aliphatic carbocycles. The molecule has 1 unspecified atom stereocenters. The van der Waals surface area contributed by atoms with E-state index in [4.69, 9.17) is 14.2 Å². The SMILES string of the molecule is CC[C@]12C=CCN3CC[C@@]4(c5cc([C@@]6(C(=O)OC)C[C@H]7C[C@@H](C(C)(F)F)CN(CCc8c6[nH]c6ccccc86)C7)c(OC)cc5N(C)[C@H]4[C@](C)(O)[C@@H]1OC(C)=O)[C@@H]32. The van der Waals surface area contributed by atoms with Gasteiger partial charge < -0.3 is 34.1 Å². The first-order chi connectivity index (χ1) is 27.1. The van der Waals surface area contributed by atoms with Crippen LogP contribution >= 0.6 is 0 Å². The minimum atomic E-state index is -2.89. The zero-order valence-electron chi connectivity index (χ0n) is 34.2. The molecule has 306 valence electrons. The maximum Gasteiger partial charge on any atom is 0.322 e. The van der Waals surface area contributed by atoms with E-state index < -0.39 is 57.8 Å². The highest BCUT2D eigenvalue weighted by atomic mass is 19.3. The fourth-order valence-corrected chi connectivity index (χ4v) is 13.4. The second-order valence-electron chi connectivity index (χ2n) is 18.2. The van der Waals surface area contributed by atoms with Crippen molar-refractivity contribution < 1.29 is 37.7 Å². The third-order valence-corrected chi connectivity index (χ3v) is 15.3. The van der Waals surface area contributed by atoms with Crippen LogP contribution in [0, 0.1) is 17.3 Å². The molecule has 3 aromatic rings. The molecule has 1 aromatic heterocycles. The number of aromatic nitrogens is 1. The number of hydrogen-bond acceptors (Lipinski definition) is 9. The molecule has 2 bridgehead atoms. The predicted octanol–water partition coefficient (Wildman–Crippen LogP) is 5.97. The maximum absolute atomic E-state index is 15.3. The van der Waals surface area contributed by atoms with Crippen LogP contribution in [0.25, 0.3) is 10.9 Å². The number of likely N-dealkylation sites (N-methyl/N-ethyl adjacent to an activating group) is 1. The van der Waals surface area contributed by atoms with Crippen LogP contribution in [-0.4, -0.2) is 116 Å². The summed E-state index contributed by atoms with van der Waals surface area (Å²) in [4.78, 5) is 38.5. The number of ether oxygens (including phenoxy) is 3. The van der Waals surface area contributed by atoms with Gasteiger partial charge in [-0.2, -0.15) is 0 Å². The molecule has 10 atom stereocenters. The van der Waals surface area contributed by atoms with Gasteiger partial charge >= 0.3 is 11.9 Å². The second kappa shape index (κ2) is 13.0. The first-order valence-corrected chi connectivity index (χ1v) is 20.6. The Bertz CT molecular complexity index is 2160. The van der Waals surface area contributed by atoms with E-state index in [1.165, 1.54) is 14.0 Å². The van der Waals surface area contributed by atoms with Gasteiger partial charge in [-0.3, -0.25) is 14.5 Å². The Morgan fingerprint density at radius 1 is 1.09 bits per heavy atom. The minimum absolute atomic E-state index is 0.141. The molecule has 3 fully saturated rings. The molecule has 5 aliphatic heterocycles. The fraction of sp³-hybridized carbons (Fsp3) is 0.600. The number of esters is 2. The van der Waals surface area contributed by atoms with E-state index in [2.05, 4.69) is 50.9 Å². The lowest BCUT2D eigenvalue weighted by Gasteiger charge is -2.64. The lowest BCUT2D eigenvalue weighted by Crippen LogP contribution is -2.78. The van der Waals surface area contributed by atoms with Gasteiger partial charge in [-0.1, -0.05) is 37.3 Å². The average Bonchev–Trinajstić information content (AvgIpc) is 3.84. The van der Waals surface area contributed by atoms with Crippen molar-refractivity contribution in [3.05, 3.63) is 70.9 Å². The van der Waals surface area contributed by atoms with Crippen LogP contribution in [-0.2, 0) is 36.3 Å². The number of benzene rings is 2. The van der Waals surface area contributed by atoms with E-state index in [0.29, 0.717) is 49.5 Å². The molecule has 0 radical (unpaired) electrons. The van der Waals surface area contributed by atoms with Crippen molar-refractivity contribution in [1.29, 1.82) is 0 Å². The van der Waals surface area contributed by atoms with Gasteiger partial charge in [0.15, 0.2) is 0 Å². The fourth-order valence-electron chi connectivity index (χ4n) is 13.4. The Labute approximate surface area is 333 Å². The van der Waals surface area contributed by atoms with E-state index >= 15 is 13.6 Å². The normalized spacial score (nSPS) is 37.0. The molecule has 12 heteroatoms. The summed E-state index contributed by atoms with van der Waals surface area (Å²) >= 11 is 0. The summed E-state index contributed by atoms with van der Waals surface area (Å²) in [6.07, 6.45) is 5.90. The van der Waals surface area contributed by atoms with Gasteiger partial charge in [0, 0.05) is 96.9 Å². The van der Waals surface area contributed by atoms with E-state index in [1.54, 1.807) is 7.11 Å². The standard InChI is InChI=1S/C45H56F2N4O6/c1-8-43-15-11-17-51-19-16-44(38(43)51)31-21-32(35(55-6)22-34(31)49(5)37(44)41(3,54)39(43)57-26(2)52)45(40(53)56-7)23-27-20-28(42(4,46)47)25-50(24-27)18-14-30-29-12-9-10-13-33(29)48-36(30)45/h9-13,15,21-22,27-28,37-39,48,54H,8,14,16-20,23-25H2,1-7H3/t27-,28-,37+,38+,39+,41+,43-,44+,45+/m1/s1. The minimum Gasteiger partial charge on any atom is -0.496 e. The van der Waals surface area contributed by atoms with Gasteiger partial charge in [-0.15, -0.1) is 0 Å². The van der Waals surface area contributed by atoms with Crippen LogP contribution in [0.4, 0.5) is 14.5 Å². The Kier molecular flexibility index (Phi) is 8.78. The molecule has 2 saturated heterocycles. The summed E-state index contributed by atoms with van der Waals surface area (Å²) in [5, 5.41) is 14.0. The number of anilines is 1. The Hall–Kier alpha value is -4.00. The number of methoxy groups -OCH3 is 2. The highest BCUT2D eigenvalue weighted by Gasteiger charge is 2.77. The number of aliphatic hydroxyl groups is 1. The highest BCUT2D eigenvalue weighted by molar-refractivity contribution is 5.94. The van der Waals surface area contributed by atoms with E-state index in [0.717, 1.165) is 54.2 Å². The largest absolute Gasteiger partial charge is 0.496 e. The van der Waals surface area contributed by atoms with E-state index in [9.17, 15) is 9.90 Å². The molecular formula is C45H56F2N4O6. The number of hydrogen-bond donors (Lipinski definition) is 2. The molecule has 9 rings (SSSR count). The van der Waals surface area contributed by atoms with E-state index in [-0.39, 0.29) is 24.8 Å². The topological polar surface area (TPSA) is 108 Å². The van der Waals surface area contributed by atoms with Crippen LogP contribution in [0.2, 0.25) is 0 Å². The Morgan fingerprint density at radius 2 is 1.86 bits per heavy atom. The number of alkyl halides is 2.